The molecule has 0 atom stereocenters. The van der Waals surface area contributed by atoms with Gasteiger partial charge in [-0.15, -0.1) is 0 Å². The quantitative estimate of drug-likeness (QED) is 0.781. The largest absolute Gasteiger partial charge is 0.497 e. The third-order valence-electron chi connectivity index (χ3n) is 3.48. The van der Waals surface area contributed by atoms with E-state index < -0.39 is 0 Å². The van der Waals surface area contributed by atoms with E-state index in [0.29, 0.717) is 0 Å². The van der Waals surface area contributed by atoms with E-state index in [9.17, 15) is 4.79 Å². The molecule has 1 amide bonds. The van der Waals surface area contributed by atoms with Gasteiger partial charge in [-0.05, 0) is 50.0 Å². The number of hydrogen-bond donors (Lipinski definition) is 0. The molecule has 0 saturated carbocycles. The molecule has 3 nitrogen and oxygen atoms in total. The fraction of sp³-hybridized carbons (Fsp3) is 0.438. The lowest BCUT2D eigenvalue weighted by atomic mass is 10.1. The van der Waals surface area contributed by atoms with Crippen molar-refractivity contribution in [1.82, 2.24) is 4.90 Å². The zero-order valence-electron chi connectivity index (χ0n) is 11.7. The minimum Gasteiger partial charge on any atom is -0.497 e. The molecule has 1 aromatic carbocycles. The molecule has 1 aromatic rings. The van der Waals surface area contributed by atoms with Gasteiger partial charge in [0.05, 0.1) is 7.11 Å². The Balaban J connectivity index is 2.05. The van der Waals surface area contributed by atoms with Gasteiger partial charge in [0.2, 0.25) is 5.91 Å². The van der Waals surface area contributed by atoms with Crippen LogP contribution >= 0.6 is 0 Å². The fourth-order valence-corrected chi connectivity index (χ4v) is 2.36. The lowest BCUT2D eigenvalue weighted by Crippen LogP contribution is -2.36. The first-order valence-corrected chi connectivity index (χ1v) is 6.82. The molecule has 0 aromatic heterocycles. The van der Waals surface area contributed by atoms with E-state index in [1.54, 1.807) is 7.11 Å². The van der Waals surface area contributed by atoms with Gasteiger partial charge in [-0.2, -0.15) is 0 Å². The van der Waals surface area contributed by atoms with E-state index in [-0.39, 0.29) is 5.91 Å². The van der Waals surface area contributed by atoms with E-state index in [0.717, 1.165) is 42.8 Å². The third kappa shape index (κ3) is 3.60. The molecule has 0 bridgehead atoms. The highest BCUT2D eigenvalue weighted by molar-refractivity contribution is 5.97. The minimum absolute atomic E-state index is 0.163. The van der Waals surface area contributed by atoms with Crippen molar-refractivity contribution >= 4 is 12.0 Å². The molecule has 0 radical (unpaired) electrons. The van der Waals surface area contributed by atoms with Crippen LogP contribution < -0.4 is 4.74 Å². The summed E-state index contributed by atoms with van der Waals surface area (Å²) in [5.41, 5.74) is 1.83. The Morgan fingerprint density at radius 2 is 1.79 bits per heavy atom. The summed E-state index contributed by atoms with van der Waals surface area (Å²) in [6.45, 7) is 3.68. The molecule has 1 saturated heterocycles. The SMILES string of the molecule is COc1ccc(/C=C(\C)C(=O)N2CCCCC2)cc1. The van der Waals surface area contributed by atoms with Gasteiger partial charge in [-0.1, -0.05) is 12.1 Å². The van der Waals surface area contributed by atoms with Gasteiger partial charge in [-0.25, -0.2) is 0 Å². The molecule has 0 spiro atoms. The summed E-state index contributed by atoms with van der Waals surface area (Å²) in [7, 11) is 1.65. The van der Waals surface area contributed by atoms with Gasteiger partial charge in [0, 0.05) is 18.7 Å². The standard InChI is InChI=1S/C16H21NO2/c1-13(16(18)17-10-4-3-5-11-17)12-14-6-8-15(19-2)9-7-14/h6-9,12H,3-5,10-11H2,1-2H3/b13-12+. The fourth-order valence-electron chi connectivity index (χ4n) is 2.36. The topological polar surface area (TPSA) is 29.5 Å². The number of benzene rings is 1. The summed E-state index contributed by atoms with van der Waals surface area (Å²) in [5.74, 6) is 0.993. The van der Waals surface area contributed by atoms with Crippen molar-refractivity contribution in [2.45, 2.75) is 26.2 Å². The highest BCUT2D eigenvalue weighted by Gasteiger charge is 2.17. The maximum atomic E-state index is 12.3. The first kappa shape index (κ1) is 13.7. The van der Waals surface area contributed by atoms with Crippen LogP contribution in [0.4, 0.5) is 0 Å². The van der Waals surface area contributed by atoms with E-state index in [4.69, 9.17) is 4.74 Å². The van der Waals surface area contributed by atoms with Gasteiger partial charge in [0.15, 0.2) is 0 Å². The van der Waals surface area contributed by atoms with Crippen LogP contribution in [-0.2, 0) is 4.79 Å². The molecule has 0 N–H and O–H groups in total. The van der Waals surface area contributed by atoms with Crippen LogP contribution in [0, 0.1) is 0 Å². The zero-order chi connectivity index (χ0) is 13.7. The minimum atomic E-state index is 0.163. The molecule has 1 heterocycles. The predicted molar refractivity (Wildman–Crippen MR) is 77.1 cm³/mol. The van der Waals surface area contributed by atoms with Crippen molar-refractivity contribution in [3.8, 4) is 5.75 Å². The summed E-state index contributed by atoms with van der Waals surface area (Å²) in [6, 6.07) is 7.74. The Hall–Kier alpha value is -1.77. The maximum Gasteiger partial charge on any atom is 0.249 e. The summed E-state index contributed by atoms with van der Waals surface area (Å²) in [5, 5.41) is 0. The molecule has 0 aliphatic carbocycles. The highest BCUT2D eigenvalue weighted by Crippen LogP contribution is 2.16. The molecule has 1 aliphatic rings. The number of rotatable bonds is 3. The van der Waals surface area contributed by atoms with E-state index in [1.807, 2.05) is 42.2 Å². The monoisotopic (exact) mass is 259 g/mol. The lowest BCUT2D eigenvalue weighted by Gasteiger charge is -2.27. The number of likely N-dealkylation sites (tertiary alicyclic amines) is 1. The summed E-state index contributed by atoms with van der Waals surface area (Å²) >= 11 is 0. The van der Waals surface area contributed by atoms with Crippen LogP contribution in [0.5, 0.6) is 5.75 Å². The van der Waals surface area contributed by atoms with Crippen molar-refractivity contribution in [1.29, 1.82) is 0 Å². The van der Waals surface area contributed by atoms with Crippen molar-refractivity contribution in [2.75, 3.05) is 20.2 Å². The summed E-state index contributed by atoms with van der Waals surface area (Å²) in [6.07, 6.45) is 5.44. The van der Waals surface area contributed by atoms with Crippen LogP contribution in [0.3, 0.4) is 0 Å². The second kappa shape index (κ2) is 6.41. The Morgan fingerprint density at radius 1 is 1.16 bits per heavy atom. The van der Waals surface area contributed by atoms with Gasteiger partial charge < -0.3 is 9.64 Å². The van der Waals surface area contributed by atoms with E-state index in [1.165, 1.54) is 6.42 Å². The number of ether oxygens (including phenoxy) is 1. The number of piperidine rings is 1. The summed E-state index contributed by atoms with van der Waals surface area (Å²) < 4.78 is 5.12. The number of methoxy groups -OCH3 is 1. The maximum absolute atomic E-state index is 12.3. The van der Waals surface area contributed by atoms with Gasteiger partial charge in [0.25, 0.3) is 0 Å². The Bertz CT molecular complexity index is 456. The van der Waals surface area contributed by atoms with Gasteiger partial charge in [-0.3, -0.25) is 4.79 Å². The average Bonchev–Trinajstić information content (AvgIpc) is 2.48. The van der Waals surface area contributed by atoms with Crippen LogP contribution in [0.15, 0.2) is 29.8 Å². The second-order valence-electron chi connectivity index (χ2n) is 4.95. The van der Waals surface area contributed by atoms with Gasteiger partial charge in [0.1, 0.15) is 5.75 Å². The first-order chi connectivity index (χ1) is 9.20. The highest BCUT2D eigenvalue weighted by atomic mass is 16.5. The number of carbonyl (C=O) groups excluding carboxylic acids is 1. The third-order valence-corrected chi connectivity index (χ3v) is 3.48. The number of hydrogen-bond acceptors (Lipinski definition) is 2. The molecule has 0 unspecified atom stereocenters. The Kier molecular flexibility index (Phi) is 4.61. The van der Waals surface area contributed by atoms with E-state index in [2.05, 4.69) is 0 Å². The number of carbonyl (C=O) groups is 1. The van der Waals surface area contributed by atoms with Crippen LogP contribution in [0.25, 0.3) is 6.08 Å². The molecule has 102 valence electrons. The molecule has 1 fully saturated rings. The Labute approximate surface area is 114 Å². The van der Waals surface area contributed by atoms with Crippen molar-refractivity contribution in [2.24, 2.45) is 0 Å². The molecule has 1 aliphatic heterocycles. The average molecular weight is 259 g/mol. The normalized spacial score (nSPS) is 16.3. The van der Waals surface area contributed by atoms with Crippen molar-refractivity contribution in [3.05, 3.63) is 35.4 Å². The molecular formula is C16H21NO2. The molecule has 19 heavy (non-hydrogen) atoms. The number of amides is 1. The molecule has 2 rings (SSSR count). The van der Waals surface area contributed by atoms with E-state index >= 15 is 0 Å². The zero-order valence-corrected chi connectivity index (χ0v) is 11.7. The molecular weight excluding hydrogens is 238 g/mol. The lowest BCUT2D eigenvalue weighted by molar-refractivity contribution is -0.127. The number of nitrogens with zero attached hydrogens (tertiary/aromatic N) is 1. The predicted octanol–water partition coefficient (Wildman–Crippen LogP) is 3.11. The smallest absolute Gasteiger partial charge is 0.249 e. The van der Waals surface area contributed by atoms with Crippen molar-refractivity contribution in [3.63, 3.8) is 0 Å². The van der Waals surface area contributed by atoms with Crippen LogP contribution in [0.1, 0.15) is 31.7 Å². The van der Waals surface area contributed by atoms with Crippen LogP contribution in [-0.4, -0.2) is 31.0 Å². The van der Waals surface area contributed by atoms with Crippen LogP contribution in [0.2, 0.25) is 0 Å². The van der Waals surface area contributed by atoms with Gasteiger partial charge >= 0.3 is 0 Å². The molecule has 3 heteroatoms. The first-order valence-electron chi connectivity index (χ1n) is 6.82. The summed E-state index contributed by atoms with van der Waals surface area (Å²) in [4.78, 5) is 14.2. The Morgan fingerprint density at radius 3 is 2.37 bits per heavy atom. The van der Waals surface area contributed by atoms with Crippen molar-refractivity contribution < 1.29 is 9.53 Å². The second-order valence-corrected chi connectivity index (χ2v) is 4.95.